The fourth-order valence-corrected chi connectivity index (χ4v) is 0.340. The molecule has 0 heterocycles. The van der Waals surface area contributed by atoms with E-state index < -0.39 is 10.9 Å². The molecule has 0 aromatic heterocycles. The van der Waals surface area contributed by atoms with Crippen LogP contribution >= 0.6 is 15.9 Å². The smallest absolute Gasteiger partial charge is 0.146 e. The first-order valence-electron chi connectivity index (χ1n) is 2.38. The molecule has 0 aliphatic heterocycles. The number of hydrogen-bond acceptors (Lipinski definition) is 2. The van der Waals surface area contributed by atoms with Gasteiger partial charge in [0.25, 0.3) is 0 Å². The third-order valence-electron chi connectivity index (χ3n) is 0.812. The minimum atomic E-state index is -0.590. The van der Waals surface area contributed by atoms with E-state index in [0.717, 1.165) is 0 Å². The lowest BCUT2D eigenvalue weighted by molar-refractivity contribution is -0.117. The fraction of sp³-hybridized carbons (Fsp3) is 0.800. The molecular formula is C5H9BrO2. The van der Waals surface area contributed by atoms with Crippen molar-refractivity contribution in [2.75, 3.05) is 0 Å². The monoisotopic (exact) mass is 180 g/mol. The van der Waals surface area contributed by atoms with Gasteiger partial charge in [0.1, 0.15) is 5.78 Å². The lowest BCUT2D eigenvalue weighted by atomic mass is 10.2. The Kier molecular flexibility index (Phi) is 3.24. The van der Waals surface area contributed by atoms with Crippen molar-refractivity contribution in [1.29, 1.82) is 0 Å². The molecule has 2 atom stereocenters. The molecule has 8 heavy (non-hydrogen) atoms. The Morgan fingerprint density at radius 2 is 2.12 bits per heavy atom. The van der Waals surface area contributed by atoms with Crippen LogP contribution in [-0.2, 0) is 4.79 Å². The number of hydrogen-bond donors (Lipinski definition) is 1. The lowest BCUT2D eigenvalue weighted by Crippen LogP contribution is -2.23. The Hall–Kier alpha value is 0.110. The Morgan fingerprint density at radius 3 is 2.12 bits per heavy atom. The first-order chi connectivity index (χ1) is 3.55. The maximum absolute atomic E-state index is 10.4. The summed E-state index contributed by atoms with van der Waals surface area (Å²) in [5, 5.41) is 8.72. The molecule has 0 saturated heterocycles. The number of halogens is 1. The summed E-state index contributed by atoms with van der Waals surface area (Å²) in [6, 6.07) is 0. The Morgan fingerprint density at radius 1 is 1.75 bits per heavy atom. The van der Waals surface area contributed by atoms with Gasteiger partial charge in [0.15, 0.2) is 0 Å². The number of alkyl halides is 1. The molecule has 0 aromatic carbocycles. The van der Waals surface area contributed by atoms with Gasteiger partial charge in [-0.05, 0) is 13.8 Å². The van der Waals surface area contributed by atoms with E-state index in [1.807, 2.05) is 0 Å². The highest BCUT2D eigenvalue weighted by atomic mass is 79.9. The highest BCUT2D eigenvalue weighted by Crippen LogP contribution is 2.05. The van der Waals surface area contributed by atoms with Crippen LogP contribution in [0.3, 0.4) is 0 Å². The van der Waals surface area contributed by atoms with Gasteiger partial charge in [-0.25, -0.2) is 0 Å². The van der Waals surface area contributed by atoms with Crippen LogP contribution in [0.15, 0.2) is 0 Å². The molecule has 0 aliphatic carbocycles. The number of rotatable bonds is 2. The van der Waals surface area contributed by atoms with Crippen molar-refractivity contribution in [3.05, 3.63) is 0 Å². The number of aliphatic hydroxyl groups is 1. The zero-order valence-corrected chi connectivity index (χ0v) is 6.47. The summed E-state index contributed by atoms with van der Waals surface area (Å²) in [6.07, 6.45) is -0.590. The predicted octanol–water partition coefficient (Wildman–Crippen LogP) is 0.720. The molecular weight excluding hydrogens is 172 g/mol. The quantitative estimate of drug-likeness (QED) is 0.637. The van der Waals surface area contributed by atoms with Crippen LogP contribution < -0.4 is 0 Å². The molecule has 3 heteroatoms. The molecule has 0 aromatic rings. The third kappa shape index (κ3) is 2.43. The maximum atomic E-state index is 10.4. The van der Waals surface area contributed by atoms with Gasteiger partial charge in [0.05, 0.1) is 10.9 Å². The normalized spacial score (nSPS) is 17.5. The van der Waals surface area contributed by atoms with Crippen LogP contribution in [0.25, 0.3) is 0 Å². The summed E-state index contributed by atoms with van der Waals surface area (Å²) >= 11 is 3.01. The summed E-state index contributed by atoms with van der Waals surface area (Å²) in [6.45, 7) is 3.01. The molecule has 0 fully saturated rings. The van der Waals surface area contributed by atoms with Crippen molar-refractivity contribution >= 4 is 21.7 Å². The van der Waals surface area contributed by atoms with E-state index in [0.29, 0.717) is 0 Å². The topological polar surface area (TPSA) is 37.3 Å². The summed E-state index contributed by atoms with van der Waals surface area (Å²) in [7, 11) is 0. The zero-order valence-electron chi connectivity index (χ0n) is 4.89. The zero-order chi connectivity index (χ0) is 6.73. The van der Waals surface area contributed by atoms with Crippen LogP contribution in [0, 0.1) is 0 Å². The van der Waals surface area contributed by atoms with Gasteiger partial charge in [-0.3, -0.25) is 4.79 Å². The largest absolute Gasteiger partial charge is 0.392 e. The second-order valence-corrected chi connectivity index (χ2v) is 2.74. The molecule has 0 saturated carbocycles. The van der Waals surface area contributed by atoms with E-state index >= 15 is 0 Å². The van der Waals surface area contributed by atoms with Gasteiger partial charge in [-0.15, -0.1) is 0 Å². The van der Waals surface area contributed by atoms with Gasteiger partial charge in [0.2, 0.25) is 0 Å². The highest BCUT2D eigenvalue weighted by Gasteiger charge is 2.14. The lowest BCUT2D eigenvalue weighted by Gasteiger charge is -2.06. The number of ketones is 1. The highest BCUT2D eigenvalue weighted by molar-refractivity contribution is 9.10. The number of carbonyl (C=O) groups is 1. The minimum Gasteiger partial charge on any atom is -0.392 e. The first kappa shape index (κ1) is 8.11. The molecule has 0 unspecified atom stereocenters. The van der Waals surface area contributed by atoms with Gasteiger partial charge in [-0.2, -0.15) is 0 Å². The van der Waals surface area contributed by atoms with Gasteiger partial charge < -0.3 is 5.11 Å². The number of aliphatic hydroxyl groups excluding tert-OH is 1. The summed E-state index contributed by atoms with van der Waals surface area (Å²) in [5.74, 6) is -0.0417. The molecule has 0 rings (SSSR count). The molecule has 1 N–H and O–H groups in total. The molecule has 48 valence electrons. The SMILES string of the molecule is CC(=O)[C@@H](Br)[C@H](C)O. The molecule has 0 spiro atoms. The fourth-order valence-electron chi connectivity index (χ4n) is 0.340. The molecule has 0 aliphatic rings. The van der Waals surface area contributed by atoms with Crippen LogP contribution in [0.2, 0.25) is 0 Å². The van der Waals surface area contributed by atoms with Crippen molar-refractivity contribution in [2.45, 2.75) is 24.8 Å². The second-order valence-electron chi connectivity index (χ2n) is 1.75. The van der Waals surface area contributed by atoms with E-state index in [1.165, 1.54) is 6.92 Å². The van der Waals surface area contributed by atoms with Crippen molar-refractivity contribution in [1.82, 2.24) is 0 Å². The van der Waals surface area contributed by atoms with E-state index in [1.54, 1.807) is 6.92 Å². The van der Waals surface area contributed by atoms with Crippen LogP contribution in [0.1, 0.15) is 13.8 Å². The van der Waals surface area contributed by atoms with Crippen molar-refractivity contribution in [2.24, 2.45) is 0 Å². The van der Waals surface area contributed by atoms with Gasteiger partial charge >= 0.3 is 0 Å². The van der Waals surface area contributed by atoms with Crippen molar-refractivity contribution < 1.29 is 9.90 Å². The maximum Gasteiger partial charge on any atom is 0.146 e. The van der Waals surface area contributed by atoms with E-state index in [4.69, 9.17) is 5.11 Å². The van der Waals surface area contributed by atoms with E-state index in [9.17, 15) is 4.79 Å². The molecule has 2 nitrogen and oxygen atoms in total. The Balaban J connectivity index is 3.64. The van der Waals surface area contributed by atoms with E-state index in [2.05, 4.69) is 15.9 Å². The number of carbonyl (C=O) groups excluding carboxylic acids is 1. The standard InChI is InChI=1S/C5H9BrO2/c1-3(7)5(6)4(2)8/h3,5,7H,1-2H3/t3-,5-/m0/s1. The molecule has 0 radical (unpaired) electrons. The average Bonchev–Trinajstić information content (AvgIpc) is 1.64. The van der Waals surface area contributed by atoms with Gasteiger partial charge in [0, 0.05) is 0 Å². The van der Waals surface area contributed by atoms with Crippen LogP contribution in [0.4, 0.5) is 0 Å². The van der Waals surface area contributed by atoms with Crippen molar-refractivity contribution in [3.63, 3.8) is 0 Å². The summed E-state index contributed by atoms with van der Waals surface area (Å²) < 4.78 is 0. The predicted molar refractivity (Wildman–Crippen MR) is 35.1 cm³/mol. The van der Waals surface area contributed by atoms with Gasteiger partial charge in [-0.1, -0.05) is 15.9 Å². The Labute approximate surface area is 57.0 Å². The van der Waals surface area contributed by atoms with E-state index in [-0.39, 0.29) is 5.78 Å². The first-order valence-corrected chi connectivity index (χ1v) is 3.30. The average molecular weight is 181 g/mol. The van der Waals surface area contributed by atoms with Crippen LogP contribution in [0.5, 0.6) is 0 Å². The second kappa shape index (κ2) is 3.20. The Bertz CT molecular complexity index is 90.4. The third-order valence-corrected chi connectivity index (χ3v) is 2.22. The summed E-state index contributed by atoms with van der Waals surface area (Å²) in [4.78, 5) is 9.98. The molecule has 0 bridgehead atoms. The number of Topliss-reactive ketones (excluding diaryl/α,β-unsaturated/α-hetero) is 1. The molecule has 0 amide bonds. The van der Waals surface area contributed by atoms with Crippen molar-refractivity contribution in [3.8, 4) is 0 Å². The van der Waals surface area contributed by atoms with Crippen LogP contribution in [-0.4, -0.2) is 21.8 Å². The summed E-state index contributed by atoms with van der Waals surface area (Å²) in [5.41, 5.74) is 0. The minimum absolute atomic E-state index is 0.0417.